The molecule has 0 saturated heterocycles. The Kier molecular flexibility index (Phi) is 1.27. The van der Waals surface area contributed by atoms with Gasteiger partial charge in [-0.3, -0.25) is 0 Å². The van der Waals surface area contributed by atoms with Crippen molar-refractivity contribution in [1.82, 2.24) is 0 Å². The lowest BCUT2D eigenvalue weighted by atomic mass is 10.5. The van der Waals surface area contributed by atoms with Gasteiger partial charge >= 0.3 is 0 Å². The number of hydrogen-bond acceptors (Lipinski definition) is 1. The van der Waals surface area contributed by atoms with Crippen LogP contribution < -0.4 is 0 Å². The summed E-state index contributed by atoms with van der Waals surface area (Å²) in [7, 11) is 0. The van der Waals surface area contributed by atoms with Gasteiger partial charge in [-0.25, -0.2) is 4.99 Å². The minimum Gasteiger partial charge on any atom is -0.214 e. The molecule has 34 valence electrons. The van der Waals surface area contributed by atoms with Gasteiger partial charge in [0.25, 0.3) is 0 Å². The van der Waals surface area contributed by atoms with E-state index in [1.54, 1.807) is 12.3 Å². The molecule has 0 aromatic carbocycles. The maximum absolute atomic E-state index is 3.72. The quantitative estimate of drug-likeness (QED) is 0.426. The Labute approximate surface area is 42.4 Å². The van der Waals surface area contributed by atoms with E-state index in [1.165, 1.54) is 0 Å². The van der Waals surface area contributed by atoms with Crippen molar-refractivity contribution in [2.75, 3.05) is 0 Å². The SMILES string of the molecule is C1=CC=CC=CN=1. The molecule has 0 N–H and O–H groups in total. The summed E-state index contributed by atoms with van der Waals surface area (Å²) in [6.07, 6.45) is 9.10. The van der Waals surface area contributed by atoms with E-state index in [9.17, 15) is 0 Å². The normalized spacial score (nSPS) is 14.9. The first kappa shape index (κ1) is 4.10. The average molecular weight is 91.1 g/mol. The minimum absolute atomic E-state index is 1.69. The van der Waals surface area contributed by atoms with Gasteiger partial charge in [-0.2, -0.15) is 0 Å². The van der Waals surface area contributed by atoms with Crippen molar-refractivity contribution in [3.8, 4) is 0 Å². The molecule has 0 bridgehead atoms. The first-order chi connectivity index (χ1) is 3.50. The molecular formula is C6H5N. The summed E-state index contributed by atoms with van der Waals surface area (Å²) in [5.74, 6) is 2.67. The van der Waals surface area contributed by atoms with E-state index in [0.717, 1.165) is 0 Å². The predicted molar refractivity (Wildman–Crippen MR) is 30.3 cm³/mol. The maximum Gasteiger partial charge on any atom is 0.0368 e. The van der Waals surface area contributed by atoms with E-state index < -0.39 is 0 Å². The van der Waals surface area contributed by atoms with Gasteiger partial charge in [0, 0.05) is 6.20 Å². The average Bonchev–Trinajstić information content (AvgIpc) is 1.90. The van der Waals surface area contributed by atoms with Crippen LogP contribution in [0.25, 0.3) is 0 Å². The van der Waals surface area contributed by atoms with Gasteiger partial charge in [0.2, 0.25) is 0 Å². The number of hydrogen-bond donors (Lipinski definition) is 0. The summed E-state index contributed by atoms with van der Waals surface area (Å²) in [5.41, 5.74) is 0. The van der Waals surface area contributed by atoms with Crippen molar-refractivity contribution in [3.05, 3.63) is 30.5 Å². The second-order valence-corrected chi connectivity index (χ2v) is 1.15. The smallest absolute Gasteiger partial charge is 0.0368 e. The molecule has 0 spiro atoms. The van der Waals surface area contributed by atoms with Crippen LogP contribution in [0.15, 0.2) is 35.5 Å². The van der Waals surface area contributed by atoms with Crippen molar-refractivity contribution in [1.29, 1.82) is 0 Å². The molecule has 0 aromatic heterocycles. The highest BCUT2D eigenvalue weighted by Crippen LogP contribution is 1.80. The van der Waals surface area contributed by atoms with E-state index in [1.807, 2.05) is 18.2 Å². The summed E-state index contributed by atoms with van der Waals surface area (Å²) >= 11 is 0. The van der Waals surface area contributed by atoms with Gasteiger partial charge in [0.1, 0.15) is 0 Å². The van der Waals surface area contributed by atoms with E-state index in [4.69, 9.17) is 0 Å². The van der Waals surface area contributed by atoms with Crippen LogP contribution in [0.5, 0.6) is 0 Å². The first-order valence-electron chi connectivity index (χ1n) is 2.10. The van der Waals surface area contributed by atoms with Gasteiger partial charge in [-0.15, -0.1) is 0 Å². The molecule has 0 unspecified atom stereocenters. The molecule has 1 aliphatic rings. The second-order valence-electron chi connectivity index (χ2n) is 1.15. The Morgan fingerprint density at radius 2 is 2.14 bits per heavy atom. The van der Waals surface area contributed by atoms with E-state index in [-0.39, 0.29) is 0 Å². The fourth-order valence-corrected chi connectivity index (χ4v) is 0.342. The van der Waals surface area contributed by atoms with Gasteiger partial charge in [-0.1, -0.05) is 12.2 Å². The Bertz CT molecular complexity index is 141. The monoisotopic (exact) mass is 91.0 g/mol. The summed E-state index contributed by atoms with van der Waals surface area (Å²) in [6.45, 7) is 0. The van der Waals surface area contributed by atoms with Gasteiger partial charge in [0.15, 0.2) is 0 Å². The first-order valence-corrected chi connectivity index (χ1v) is 2.10. The molecular weight excluding hydrogens is 86.1 g/mol. The molecule has 0 fully saturated rings. The van der Waals surface area contributed by atoms with E-state index in [0.29, 0.717) is 0 Å². The molecule has 0 aliphatic carbocycles. The molecule has 1 heterocycles. The second kappa shape index (κ2) is 2.17. The molecule has 0 aromatic rings. The zero-order valence-corrected chi connectivity index (χ0v) is 3.83. The van der Waals surface area contributed by atoms with Crippen LogP contribution in [-0.4, -0.2) is 5.87 Å². The van der Waals surface area contributed by atoms with Crippen LogP contribution in [0.3, 0.4) is 0 Å². The molecule has 0 amide bonds. The summed E-state index contributed by atoms with van der Waals surface area (Å²) in [5, 5.41) is 0. The predicted octanol–water partition coefficient (Wildman–Crippen LogP) is 1.30. The lowest BCUT2D eigenvalue weighted by Gasteiger charge is -1.60. The molecule has 1 rings (SSSR count). The van der Waals surface area contributed by atoms with E-state index >= 15 is 0 Å². The lowest BCUT2D eigenvalue weighted by molar-refractivity contribution is 1.62. The van der Waals surface area contributed by atoms with Gasteiger partial charge in [0.05, 0.1) is 0 Å². The Balaban J connectivity index is 2.86. The zero-order valence-electron chi connectivity index (χ0n) is 3.83. The molecule has 1 aliphatic heterocycles. The molecule has 0 atom stereocenters. The zero-order chi connectivity index (χ0) is 4.95. The van der Waals surface area contributed by atoms with Crippen LogP contribution in [-0.2, 0) is 0 Å². The van der Waals surface area contributed by atoms with Crippen LogP contribution in [0.1, 0.15) is 0 Å². The van der Waals surface area contributed by atoms with E-state index in [2.05, 4.69) is 10.9 Å². The third kappa shape index (κ3) is 1.20. The highest BCUT2D eigenvalue weighted by atomic mass is 14.6. The number of aliphatic imine (C=N–C) groups is 1. The third-order valence-corrected chi connectivity index (χ3v) is 0.628. The Morgan fingerprint density at radius 1 is 1.14 bits per heavy atom. The fraction of sp³-hybridized carbons (Fsp3) is 0. The van der Waals surface area contributed by atoms with Crippen molar-refractivity contribution in [2.24, 2.45) is 4.99 Å². The molecule has 1 nitrogen and oxygen atoms in total. The van der Waals surface area contributed by atoms with Crippen LogP contribution in [0, 0.1) is 0 Å². The lowest BCUT2D eigenvalue weighted by Crippen LogP contribution is -1.42. The largest absolute Gasteiger partial charge is 0.214 e. The fourth-order valence-electron chi connectivity index (χ4n) is 0.342. The Morgan fingerprint density at radius 3 is 3.14 bits per heavy atom. The maximum atomic E-state index is 3.72. The highest BCUT2D eigenvalue weighted by molar-refractivity contribution is 5.56. The van der Waals surface area contributed by atoms with Gasteiger partial charge < -0.3 is 0 Å². The summed E-state index contributed by atoms with van der Waals surface area (Å²) in [6, 6.07) is 0. The van der Waals surface area contributed by atoms with Crippen molar-refractivity contribution in [2.45, 2.75) is 0 Å². The topological polar surface area (TPSA) is 12.4 Å². The summed E-state index contributed by atoms with van der Waals surface area (Å²) in [4.78, 5) is 3.72. The van der Waals surface area contributed by atoms with Crippen molar-refractivity contribution >= 4 is 5.87 Å². The number of nitrogens with zero attached hydrogens (tertiary/aromatic N) is 1. The third-order valence-electron chi connectivity index (χ3n) is 0.628. The van der Waals surface area contributed by atoms with Crippen LogP contribution in [0.2, 0.25) is 0 Å². The summed E-state index contributed by atoms with van der Waals surface area (Å²) < 4.78 is 0. The highest BCUT2D eigenvalue weighted by Gasteiger charge is 1.63. The molecule has 7 heavy (non-hydrogen) atoms. The molecule has 0 saturated carbocycles. The standard InChI is InChI=1S/C6H5N/c1-2-4-6-7-5-3-1/h1-5H. The molecule has 0 radical (unpaired) electrons. The number of allylic oxidation sites excluding steroid dienone is 4. The van der Waals surface area contributed by atoms with Gasteiger partial charge in [-0.05, 0) is 18.0 Å². The Hall–Kier alpha value is -1.07. The number of rotatable bonds is 0. The van der Waals surface area contributed by atoms with Crippen LogP contribution in [0.4, 0.5) is 0 Å². The van der Waals surface area contributed by atoms with Crippen molar-refractivity contribution < 1.29 is 0 Å². The minimum atomic E-state index is 1.69. The van der Waals surface area contributed by atoms with Crippen LogP contribution >= 0.6 is 0 Å². The molecule has 1 heteroatoms. The van der Waals surface area contributed by atoms with Crippen molar-refractivity contribution in [3.63, 3.8) is 0 Å².